The summed E-state index contributed by atoms with van der Waals surface area (Å²) in [5.41, 5.74) is 0.544. The number of esters is 1. The second-order valence-electron chi connectivity index (χ2n) is 5.32. The number of Topliss-reactive ketones (excluding diaryl/α,β-unsaturated/α-hetero) is 1. The predicted octanol–water partition coefficient (Wildman–Crippen LogP) is 2.85. The summed E-state index contributed by atoms with van der Waals surface area (Å²) in [6.07, 6.45) is 0. The van der Waals surface area contributed by atoms with E-state index in [4.69, 9.17) is 9.26 Å². The molecule has 0 spiro atoms. The summed E-state index contributed by atoms with van der Waals surface area (Å²) < 4.78 is 10.0. The van der Waals surface area contributed by atoms with E-state index < -0.39 is 11.2 Å². The minimum Gasteiger partial charge on any atom is -0.426 e. The number of aryl methyl sites for hydroxylation is 1. The highest BCUT2D eigenvalue weighted by atomic mass is 32.2. The molecule has 1 amide bonds. The lowest BCUT2D eigenvalue weighted by Gasteiger charge is -2.10. The number of thioether (sulfide) groups is 1. The van der Waals surface area contributed by atoms with Gasteiger partial charge in [-0.05, 0) is 45.0 Å². The van der Waals surface area contributed by atoms with Crippen LogP contribution in [0.2, 0.25) is 0 Å². The highest BCUT2D eigenvalue weighted by Gasteiger charge is 2.17. The number of aromatic nitrogens is 1. The molecule has 0 aliphatic carbocycles. The van der Waals surface area contributed by atoms with E-state index in [2.05, 4.69) is 10.5 Å². The normalized spacial score (nSPS) is 11.6. The summed E-state index contributed by atoms with van der Waals surface area (Å²) >= 11 is 1.15. The van der Waals surface area contributed by atoms with Crippen molar-refractivity contribution in [3.05, 3.63) is 41.7 Å². The van der Waals surface area contributed by atoms with Crippen LogP contribution in [0.3, 0.4) is 0 Å². The number of anilines is 1. The maximum Gasteiger partial charge on any atom is 0.321 e. The number of carbonyl (C=O) groups is 3. The minimum absolute atomic E-state index is 0.0148. The number of hydrogen-bond donors (Lipinski definition) is 1. The number of amides is 1. The summed E-state index contributed by atoms with van der Waals surface area (Å²) in [5.74, 6) is 0.481. The number of nitrogens with one attached hydrogen (secondary N) is 1. The van der Waals surface area contributed by atoms with Crippen LogP contribution < -0.4 is 10.1 Å². The van der Waals surface area contributed by atoms with Crippen molar-refractivity contribution in [2.45, 2.75) is 26.0 Å². The third-order valence-electron chi connectivity index (χ3n) is 3.19. The molecule has 1 aromatic heterocycles. The van der Waals surface area contributed by atoms with E-state index in [0.717, 1.165) is 11.8 Å². The highest BCUT2D eigenvalue weighted by molar-refractivity contribution is 8.01. The van der Waals surface area contributed by atoms with Crippen molar-refractivity contribution < 1.29 is 23.6 Å². The van der Waals surface area contributed by atoms with Crippen LogP contribution in [0.25, 0.3) is 0 Å². The van der Waals surface area contributed by atoms with E-state index in [1.54, 1.807) is 44.2 Å². The van der Waals surface area contributed by atoms with E-state index in [0.29, 0.717) is 22.9 Å². The van der Waals surface area contributed by atoms with Crippen molar-refractivity contribution in [2.75, 3.05) is 11.1 Å². The predicted molar refractivity (Wildman–Crippen MR) is 93.9 cm³/mol. The maximum absolute atomic E-state index is 12.0. The fourth-order valence-corrected chi connectivity index (χ4v) is 2.50. The monoisotopic (exact) mass is 362 g/mol. The summed E-state index contributed by atoms with van der Waals surface area (Å²) in [4.78, 5) is 35.0. The Kier molecular flexibility index (Phi) is 6.35. The molecule has 0 radical (unpaired) electrons. The standard InChI is InChI=1S/C17H18N2O5S/c1-10-8-15(19-24-10)18-17(22)12(3)25-9-16(21)23-14-6-4-13(5-7-14)11(2)20/h4-8,12H,9H2,1-3H3,(H,18,19,22)/t12-/m1/s1. The summed E-state index contributed by atoms with van der Waals surface area (Å²) in [6.45, 7) is 4.87. The van der Waals surface area contributed by atoms with Gasteiger partial charge in [-0.2, -0.15) is 0 Å². The third kappa shape index (κ3) is 5.75. The van der Waals surface area contributed by atoms with E-state index in [1.165, 1.54) is 6.92 Å². The van der Waals surface area contributed by atoms with E-state index in [9.17, 15) is 14.4 Å². The van der Waals surface area contributed by atoms with Crippen LogP contribution in [-0.2, 0) is 9.59 Å². The van der Waals surface area contributed by atoms with Gasteiger partial charge in [0.25, 0.3) is 0 Å². The zero-order valence-electron chi connectivity index (χ0n) is 14.1. The van der Waals surface area contributed by atoms with Crippen molar-refractivity contribution in [3.8, 4) is 5.75 Å². The van der Waals surface area contributed by atoms with E-state index >= 15 is 0 Å². The Morgan fingerprint density at radius 2 is 1.96 bits per heavy atom. The zero-order chi connectivity index (χ0) is 18.4. The Bertz CT molecular complexity index is 770. The molecule has 0 aliphatic heterocycles. The van der Waals surface area contributed by atoms with Crippen LogP contribution in [-0.4, -0.2) is 33.8 Å². The van der Waals surface area contributed by atoms with Gasteiger partial charge in [0.15, 0.2) is 11.6 Å². The first-order chi connectivity index (χ1) is 11.8. The number of benzene rings is 1. The SMILES string of the molecule is CC(=O)c1ccc(OC(=O)CS[C@H](C)C(=O)Nc2cc(C)on2)cc1. The fourth-order valence-electron chi connectivity index (χ4n) is 1.84. The van der Waals surface area contributed by atoms with Gasteiger partial charge in [-0.25, -0.2) is 0 Å². The molecule has 7 nitrogen and oxygen atoms in total. The topological polar surface area (TPSA) is 98.5 Å². The van der Waals surface area contributed by atoms with Crippen molar-refractivity contribution in [2.24, 2.45) is 0 Å². The molecule has 1 N–H and O–H groups in total. The Morgan fingerprint density at radius 1 is 1.28 bits per heavy atom. The lowest BCUT2D eigenvalue weighted by Crippen LogP contribution is -2.24. The molecule has 0 saturated carbocycles. The van der Waals surface area contributed by atoms with E-state index in [1.807, 2.05) is 0 Å². The summed E-state index contributed by atoms with van der Waals surface area (Å²) in [5, 5.41) is 5.81. The number of carbonyl (C=O) groups excluding carboxylic acids is 3. The zero-order valence-corrected chi connectivity index (χ0v) is 14.9. The molecule has 132 valence electrons. The van der Waals surface area contributed by atoms with Crippen molar-refractivity contribution >= 4 is 35.2 Å². The van der Waals surface area contributed by atoms with Crippen LogP contribution in [0.15, 0.2) is 34.9 Å². The summed E-state index contributed by atoms with van der Waals surface area (Å²) in [7, 11) is 0. The highest BCUT2D eigenvalue weighted by Crippen LogP contribution is 2.17. The van der Waals surface area contributed by atoms with Gasteiger partial charge in [0.1, 0.15) is 11.5 Å². The van der Waals surface area contributed by atoms with E-state index in [-0.39, 0.29) is 17.4 Å². The number of ether oxygens (including phenoxy) is 1. The average Bonchev–Trinajstić information content (AvgIpc) is 2.98. The van der Waals surface area contributed by atoms with Gasteiger partial charge in [0.2, 0.25) is 5.91 Å². The molecule has 0 saturated heterocycles. The van der Waals surface area contributed by atoms with Gasteiger partial charge < -0.3 is 14.6 Å². The van der Waals surface area contributed by atoms with Gasteiger partial charge in [-0.15, -0.1) is 11.8 Å². The van der Waals surface area contributed by atoms with Gasteiger partial charge in [0, 0.05) is 11.6 Å². The molecule has 1 atom stereocenters. The Hall–Kier alpha value is -2.61. The second-order valence-corrected chi connectivity index (χ2v) is 6.65. The minimum atomic E-state index is -0.475. The van der Waals surface area contributed by atoms with Crippen molar-refractivity contribution in [3.63, 3.8) is 0 Å². The van der Waals surface area contributed by atoms with Crippen LogP contribution in [0.4, 0.5) is 5.82 Å². The third-order valence-corrected chi connectivity index (χ3v) is 4.31. The van der Waals surface area contributed by atoms with Crippen LogP contribution >= 0.6 is 11.8 Å². The molecule has 0 unspecified atom stereocenters. The van der Waals surface area contributed by atoms with Gasteiger partial charge in [-0.1, -0.05) is 5.16 Å². The molecule has 2 rings (SSSR count). The quantitative estimate of drug-likeness (QED) is 0.459. The molecule has 2 aromatic rings. The van der Waals surface area contributed by atoms with Gasteiger partial charge in [-0.3, -0.25) is 14.4 Å². The molecule has 0 aliphatic rings. The molecular formula is C17H18N2O5S. The average molecular weight is 362 g/mol. The van der Waals surface area contributed by atoms with Crippen molar-refractivity contribution in [1.29, 1.82) is 0 Å². The molecule has 0 bridgehead atoms. The largest absolute Gasteiger partial charge is 0.426 e. The molecule has 1 aromatic carbocycles. The first-order valence-electron chi connectivity index (χ1n) is 7.52. The maximum atomic E-state index is 12.0. The smallest absolute Gasteiger partial charge is 0.321 e. The van der Waals surface area contributed by atoms with Gasteiger partial charge >= 0.3 is 5.97 Å². The first kappa shape index (κ1) is 18.7. The lowest BCUT2D eigenvalue weighted by atomic mass is 10.1. The van der Waals surface area contributed by atoms with Gasteiger partial charge in [0.05, 0.1) is 11.0 Å². The second kappa shape index (κ2) is 8.48. The molecule has 8 heteroatoms. The molecule has 0 fully saturated rings. The Morgan fingerprint density at radius 3 is 2.52 bits per heavy atom. The lowest BCUT2D eigenvalue weighted by molar-refractivity contribution is -0.131. The molecule has 25 heavy (non-hydrogen) atoms. The number of nitrogens with zero attached hydrogens (tertiary/aromatic N) is 1. The summed E-state index contributed by atoms with van der Waals surface area (Å²) in [6, 6.07) is 7.90. The Balaban J connectivity index is 1.78. The Labute approximate surface area is 149 Å². The van der Waals surface area contributed by atoms with Crippen molar-refractivity contribution in [1.82, 2.24) is 5.16 Å². The van der Waals surface area contributed by atoms with Crippen LogP contribution in [0.5, 0.6) is 5.75 Å². The number of rotatable bonds is 7. The van der Waals surface area contributed by atoms with Crippen LogP contribution in [0.1, 0.15) is 30.0 Å². The van der Waals surface area contributed by atoms with Crippen LogP contribution in [0, 0.1) is 6.92 Å². The fraction of sp³-hybridized carbons (Fsp3) is 0.294. The molecular weight excluding hydrogens is 344 g/mol. The number of ketones is 1. The number of hydrogen-bond acceptors (Lipinski definition) is 7. The molecule has 1 heterocycles. The first-order valence-corrected chi connectivity index (χ1v) is 8.57.